The SMILES string of the molecule is O=C(O)/C=C/c1ccc(OC2CC3CCC(C2)N3C(=O)NCc2ccc(Cl)cc2Cl)c(F)c1. The summed E-state index contributed by atoms with van der Waals surface area (Å²) in [5.74, 6) is -1.52. The number of nitrogens with zero attached hydrogens (tertiary/aromatic N) is 1. The molecule has 0 saturated carbocycles. The van der Waals surface area contributed by atoms with E-state index in [2.05, 4.69) is 5.32 Å². The molecule has 33 heavy (non-hydrogen) atoms. The minimum atomic E-state index is -1.10. The molecule has 2 saturated heterocycles. The van der Waals surface area contributed by atoms with Crippen molar-refractivity contribution in [3.63, 3.8) is 0 Å². The van der Waals surface area contributed by atoms with E-state index in [0.717, 1.165) is 24.5 Å². The maximum atomic E-state index is 14.5. The summed E-state index contributed by atoms with van der Waals surface area (Å²) in [4.78, 5) is 25.4. The minimum absolute atomic E-state index is 0.0234. The number of carbonyl (C=O) groups excluding carboxylic acids is 1. The lowest BCUT2D eigenvalue weighted by Gasteiger charge is -2.38. The Balaban J connectivity index is 1.35. The first-order valence-corrected chi connectivity index (χ1v) is 11.4. The number of carbonyl (C=O) groups is 2. The Bertz CT molecular complexity index is 1080. The number of urea groups is 1. The Labute approximate surface area is 200 Å². The molecular formula is C24H23Cl2FN2O4. The molecule has 2 aliphatic rings. The Morgan fingerprint density at radius 3 is 2.52 bits per heavy atom. The lowest BCUT2D eigenvalue weighted by molar-refractivity contribution is -0.131. The number of aliphatic carboxylic acids is 1. The molecule has 6 nitrogen and oxygen atoms in total. The largest absolute Gasteiger partial charge is 0.487 e. The normalized spacial score (nSPS) is 21.9. The van der Waals surface area contributed by atoms with E-state index in [1.54, 1.807) is 24.3 Å². The van der Waals surface area contributed by atoms with E-state index in [1.807, 2.05) is 4.90 Å². The molecule has 2 heterocycles. The van der Waals surface area contributed by atoms with Crippen molar-refractivity contribution in [1.82, 2.24) is 10.2 Å². The number of fused-ring (bicyclic) bond motifs is 2. The number of carboxylic acid groups (broad SMARTS) is 1. The van der Waals surface area contributed by atoms with Gasteiger partial charge in [0.2, 0.25) is 0 Å². The van der Waals surface area contributed by atoms with Crippen LogP contribution in [0.25, 0.3) is 6.08 Å². The number of hydrogen-bond donors (Lipinski definition) is 2. The predicted molar refractivity (Wildman–Crippen MR) is 124 cm³/mol. The van der Waals surface area contributed by atoms with Crippen molar-refractivity contribution in [3.8, 4) is 5.75 Å². The van der Waals surface area contributed by atoms with Crippen molar-refractivity contribution >= 4 is 41.3 Å². The summed E-state index contributed by atoms with van der Waals surface area (Å²) in [6.45, 7) is 0.304. The zero-order valence-corrected chi connectivity index (χ0v) is 19.2. The maximum absolute atomic E-state index is 14.5. The fourth-order valence-electron chi connectivity index (χ4n) is 4.55. The second-order valence-electron chi connectivity index (χ2n) is 8.26. The number of carboxylic acids is 1. The van der Waals surface area contributed by atoms with Gasteiger partial charge in [-0.2, -0.15) is 0 Å². The number of ether oxygens (including phenoxy) is 1. The molecule has 2 bridgehead atoms. The number of halogens is 3. The molecule has 0 spiro atoms. The van der Waals surface area contributed by atoms with Gasteiger partial charge in [0.25, 0.3) is 0 Å². The van der Waals surface area contributed by atoms with Crippen LogP contribution in [-0.4, -0.2) is 40.2 Å². The van der Waals surface area contributed by atoms with E-state index in [9.17, 15) is 14.0 Å². The quantitative estimate of drug-likeness (QED) is 0.520. The first-order chi connectivity index (χ1) is 15.8. The summed E-state index contributed by atoms with van der Waals surface area (Å²) in [5.41, 5.74) is 1.23. The number of benzene rings is 2. The molecule has 2 N–H and O–H groups in total. The average Bonchev–Trinajstić information content (AvgIpc) is 3.03. The Kier molecular flexibility index (Phi) is 7.10. The molecule has 2 fully saturated rings. The van der Waals surface area contributed by atoms with E-state index >= 15 is 0 Å². The molecule has 2 aromatic carbocycles. The third-order valence-electron chi connectivity index (χ3n) is 6.04. The predicted octanol–water partition coefficient (Wildman–Crippen LogP) is 5.51. The monoisotopic (exact) mass is 492 g/mol. The fraction of sp³-hybridized carbons (Fsp3) is 0.333. The van der Waals surface area contributed by atoms with E-state index < -0.39 is 11.8 Å². The molecule has 2 amide bonds. The summed E-state index contributed by atoms with van der Waals surface area (Å²) >= 11 is 12.1. The zero-order valence-electron chi connectivity index (χ0n) is 17.6. The maximum Gasteiger partial charge on any atom is 0.328 e. The molecule has 0 radical (unpaired) electrons. The Morgan fingerprint density at radius 2 is 1.88 bits per heavy atom. The van der Waals surface area contributed by atoms with Gasteiger partial charge in [-0.1, -0.05) is 35.3 Å². The highest BCUT2D eigenvalue weighted by atomic mass is 35.5. The standard InChI is InChI=1S/C24H23Cl2FN2O4/c25-16-4-3-15(20(26)10-16)13-28-24(32)29-17-5-6-18(29)12-19(11-17)33-22-7-1-14(9-21(22)27)2-8-23(30)31/h1-4,7-10,17-19H,5-6,11-13H2,(H,28,32)(H,30,31)/b8-2+. The Morgan fingerprint density at radius 1 is 1.15 bits per heavy atom. The van der Waals surface area contributed by atoms with Crippen LogP contribution in [-0.2, 0) is 11.3 Å². The number of amides is 2. The minimum Gasteiger partial charge on any atom is -0.487 e. The van der Waals surface area contributed by atoms with Gasteiger partial charge in [0.1, 0.15) is 6.10 Å². The molecule has 174 valence electrons. The summed E-state index contributed by atoms with van der Waals surface area (Å²) in [7, 11) is 0. The van der Waals surface area contributed by atoms with E-state index in [0.29, 0.717) is 35.0 Å². The lowest BCUT2D eigenvalue weighted by atomic mass is 10.00. The Hall–Kier alpha value is -2.77. The second kappa shape index (κ2) is 10.0. The summed E-state index contributed by atoms with van der Waals surface area (Å²) in [6.07, 6.45) is 5.06. The van der Waals surface area contributed by atoms with Gasteiger partial charge >= 0.3 is 12.0 Å². The smallest absolute Gasteiger partial charge is 0.328 e. The second-order valence-corrected chi connectivity index (χ2v) is 9.10. The van der Waals surface area contributed by atoms with Crippen molar-refractivity contribution < 1.29 is 23.8 Å². The average molecular weight is 493 g/mol. The van der Waals surface area contributed by atoms with Gasteiger partial charge in [-0.15, -0.1) is 0 Å². The third kappa shape index (κ3) is 5.60. The van der Waals surface area contributed by atoms with Gasteiger partial charge in [0, 0.05) is 47.6 Å². The number of piperidine rings is 1. The molecule has 2 atom stereocenters. The molecule has 4 rings (SSSR count). The van der Waals surface area contributed by atoms with Crippen LogP contribution in [0.4, 0.5) is 9.18 Å². The van der Waals surface area contributed by atoms with Crippen molar-refractivity contribution in [2.45, 2.75) is 50.4 Å². The first-order valence-electron chi connectivity index (χ1n) is 10.7. The summed E-state index contributed by atoms with van der Waals surface area (Å²) in [6, 6.07) is 9.43. The van der Waals surface area contributed by atoms with E-state index in [4.69, 9.17) is 33.0 Å². The third-order valence-corrected chi connectivity index (χ3v) is 6.62. The van der Waals surface area contributed by atoms with Crippen molar-refractivity contribution in [3.05, 3.63) is 69.5 Å². The summed E-state index contributed by atoms with van der Waals surface area (Å²) < 4.78 is 20.4. The van der Waals surface area contributed by atoms with Crippen LogP contribution >= 0.6 is 23.2 Å². The van der Waals surface area contributed by atoms with Crippen LogP contribution in [0.3, 0.4) is 0 Å². The molecule has 2 aliphatic heterocycles. The lowest BCUT2D eigenvalue weighted by Crippen LogP contribution is -2.52. The van der Waals surface area contributed by atoms with Crippen molar-refractivity contribution in [1.29, 1.82) is 0 Å². The molecule has 9 heteroatoms. The van der Waals surface area contributed by atoms with E-state index in [-0.39, 0.29) is 30.0 Å². The van der Waals surface area contributed by atoms with E-state index in [1.165, 1.54) is 18.2 Å². The first kappa shape index (κ1) is 23.4. The van der Waals surface area contributed by atoms with Gasteiger partial charge in [-0.25, -0.2) is 14.0 Å². The van der Waals surface area contributed by atoms with Crippen LogP contribution < -0.4 is 10.1 Å². The molecule has 0 aliphatic carbocycles. The number of nitrogens with one attached hydrogen (secondary N) is 1. The highest BCUT2D eigenvalue weighted by Crippen LogP contribution is 2.38. The van der Waals surface area contributed by atoms with Crippen LogP contribution in [0, 0.1) is 5.82 Å². The molecule has 2 aromatic rings. The van der Waals surface area contributed by atoms with Crippen LogP contribution in [0.1, 0.15) is 36.8 Å². The van der Waals surface area contributed by atoms with Crippen LogP contribution in [0.5, 0.6) is 5.75 Å². The molecule has 0 aromatic heterocycles. The van der Waals surface area contributed by atoms with Gasteiger partial charge in [-0.3, -0.25) is 0 Å². The van der Waals surface area contributed by atoms with Gasteiger partial charge in [-0.05, 0) is 54.3 Å². The van der Waals surface area contributed by atoms with Crippen molar-refractivity contribution in [2.75, 3.05) is 0 Å². The highest BCUT2D eigenvalue weighted by molar-refractivity contribution is 6.35. The number of rotatable bonds is 6. The topological polar surface area (TPSA) is 78.9 Å². The highest BCUT2D eigenvalue weighted by Gasteiger charge is 2.44. The zero-order chi connectivity index (χ0) is 23.5. The van der Waals surface area contributed by atoms with Gasteiger partial charge < -0.3 is 20.1 Å². The summed E-state index contributed by atoms with van der Waals surface area (Å²) in [5, 5.41) is 12.7. The van der Waals surface area contributed by atoms with Crippen LogP contribution in [0.2, 0.25) is 10.0 Å². The van der Waals surface area contributed by atoms with Gasteiger partial charge in [0.05, 0.1) is 0 Å². The molecule has 2 unspecified atom stereocenters. The van der Waals surface area contributed by atoms with Crippen LogP contribution in [0.15, 0.2) is 42.5 Å². The van der Waals surface area contributed by atoms with Gasteiger partial charge in [0.15, 0.2) is 11.6 Å². The van der Waals surface area contributed by atoms with Crippen molar-refractivity contribution in [2.24, 2.45) is 0 Å². The fourth-order valence-corrected chi connectivity index (χ4v) is 5.02. The number of hydrogen-bond acceptors (Lipinski definition) is 3. The molecular weight excluding hydrogens is 470 g/mol.